The number of para-hydroxylation sites is 1. The van der Waals surface area contributed by atoms with Gasteiger partial charge in [-0.3, -0.25) is 4.79 Å². The Balaban J connectivity index is 0.00000106. The van der Waals surface area contributed by atoms with E-state index in [1.165, 1.54) is 21.1 Å². The van der Waals surface area contributed by atoms with E-state index in [0.717, 1.165) is 0 Å². The fourth-order valence-electron chi connectivity index (χ4n) is 1.06. The molecule has 1 aromatic rings. The summed E-state index contributed by atoms with van der Waals surface area (Å²) in [6, 6.07) is 5.15. The predicted octanol–water partition coefficient (Wildman–Crippen LogP) is 2.66. The maximum atomic E-state index is 10.8. The summed E-state index contributed by atoms with van der Waals surface area (Å²) in [6.45, 7) is 5.33. The van der Waals surface area contributed by atoms with Crippen molar-refractivity contribution in [3.8, 4) is 17.2 Å². The summed E-state index contributed by atoms with van der Waals surface area (Å²) >= 11 is 0. The van der Waals surface area contributed by atoms with Gasteiger partial charge in [-0.05, 0) is 12.1 Å². The Labute approximate surface area is 96.1 Å². The van der Waals surface area contributed by atoms with Gasteiger partial charge in [0.2, 0.25) is 5.75 Å². The largest absolute Gasteiger partial charge is 0.493 e. The van der Waals surface area contributed by atoms with Crippen LogP contribution in [0.5, 0.6) is 17.2 Å². The van der Waals surface area contributed by atoms with Crippen LogP contribution in [0.3, 0.4) is 0 Å². The molecular formula is C12H18O4. The molecule has 0 aliphatic carbocycles. The number of esters is 1. The second kappa shape index (κ2) is 7.56. The number of benzene rings is 1. The van der Waals surface area contributed by atoms with E-state index in [4.69, 9.17) is 14.2 Å². The Hall–Kier alpha value is -1.71. The average molecular weight is 226 g/mol. The fourth-order valence-corrected chi connectivity index (χ4v) is 1.06. The minimum atomic E-state index is -0.409. The highest BCUT2D eigenvalue weighted by Gasteiger charge is 2.12. The second-order valence-electron chi connectivity index (χ2n) is 2.59. The first-order valence-corrected chi connectivity index (χ1v) is 5.08. The molecule has 0 radical (unpaired) electrons. The van der Waals surface area contributed by atoms with Crippen molar-refractivity contribution in [3.05, 3.63) is 18.2 Å². The van der Waals surface area contributed by atoms with Crippen molar-refractivity contribution in [1.82, 2.24) is 0 Å². The molecule has 0 amide bonds. The van der Waals surface area contributed by atoms with Gasteiger partial charge in [0.1, 0.15) is 0 Å². The van der Waals surface area contributed by atoms with Crippen molar-refractivity contribution in [2.24, 2.45) is 0 Å². The van der Waals surface area contributed by atoms with Crippen LogP contribution in [-0.4, -0.2) is 20.2 Å². The van der Waals surface area contributed by atoms with Crippen molar-refractivity contribution < 1.29 is 19.0 Å². The molecule has 4 nitrogen and oxygen atoms in total. The first-order chi connectivity index (χ1) is 7.69. The highest BCUT2D eigenvalue weighted by atomic mass is 16.6. The van der Waals surface area contributed by atoms with E-state index < -0.39 is 5.97 Å². The lowest BCUT2D eigenvalue weighted by Gasteiger charge is -2.11. The van der Waals surface area contributed by atoms with Crippen molar-refractivity contribution >= 4 is 5.97 Å². The normalized spacial score (nSPS) is 8.56. The lowest BCUT2D eigenvalue weighted by Crippen LogP contribution is -2.04. The number of carbonyl (C=O) groups excluding carboxylic acids is 1. The third-order valence-corrected chi connectivity index (χ3v) is 1.63. The monoisotopic (exact) mass is 226 g/mol. The van der Waals surface area contributed by atoms with Crippen molar-refractivity contribution in [3.63, 3.8) is 0 Å². The molecule has 0 bridgehead atoms. The summed E-state index contributed by atoms with van der Waals surface area (Å²) in [5.74, 6) is 0.844. The van der Waals surface area contributed by atoms with E-state index in [2.05, 4.69) is 0 Å². The molecule has 0 unspecified atom stereocenters. The van der Waals surface area contributed by atoms with Crippen LogP contribution in [0, 0.1) is 0 Å². The third-order valence-electron chi connectivity index (χ3n) is 1.63. The van der Waals surface area contributed by atoms with Gasteiger partial charge in [0.15, 0.2) is 11.5 Å². The maximum Gasteiger partial charge on any atom is 0.308 e. The van der Waals surface area contributed by atoms with E-state index in [1.807, 2.05) is 13.8 Å². The molecule has 4 heteroatoms. The Morgan fingerprint density at radius 1 is 1.06 bits per heavy atom. The van der Waals surface area contributed by atoms with Crippen LogP contribution in [0.4, 0.5) is 0 Å². The summed E-state index contributed by atoms with van der Waals surface area (Å²) in [5, 5.41) is 0. The molecule has 90 valence electrons. The van der Waals surface area contributed by atoms with Gasteiger partial charge in [-0.25, -0.2) is 0 Å². The lowest BCUT2D eigenvalue weighted by atomic mass is 10.3. The molecule has 0 saturated heterocycles. The van der Waals surface area contributed by atoms with Crippen molar-refractivity contribution in [2.45, 2.75) is 20.8 Å². The van der Waals surface area contributed by atoms with Crippen LogP contribution in [-0.2, 0) is 4.79 Å². The third kappa shape index (κ3) is 3.81. The van der Waals surface area contributed by atoms with Gasteiger partial charge in [0.25, 0.3) is 0 Å². The fraction of sp³-hybridized carbons (Fsp3) is 0.417. The van der Waals surface area contributed by atoms with Gasteiger partial charge in [0.05, 0.1) is 14.2 Å². The molecule has 16 heavy (non-hydrogen) atoms. The number of rotatable bonds is 3. The Kier molecular flexibility index (Phi) is 6.76. The molecule has 0 aliphatic rings. The second-order valence-corrected chi connectivity index (χ2v) is 2.59. The number of methoxy groups -OCH3 is 2. The number of hydrogen-bond acceptors (Lipinski definition) is 4. The molecule has 0 saturated carbocycles. The van der Waals surface area contributed by atoms with Crippen LogP contribution in [0.2, 0.25) is 0 Å². The summed E-state index contributed by atoms with van der Waals surface area (Å²) in [5.41, 5.74) is 0. The Bertz CT molecular complexity index is 312. The first kappa shape index (κ1) is 14.3. The number of hydrogen-bond donors (Lipinski definition) is 0. The van der Waals surface area contributed by atoms with Gasteiger partial charge in [-0.1, -0.05) is 19.9 Å². The minimum absolute atomic E-state index is 0.310. The van der Waals surface area contributed by atoms with E-state index >= 15 is 0 Å². The molecule has 1 aromatic carbocycles. The smallest absolute Gasteiger partial charge is 0.308 e. The minimum Gasteiger partial charge on any atom is -0.493 e. The quantitative estimate of drug-likeness (QED) is 0.587. The maximum absolute atomic E-state index is 10.8. The lowest BCUT2D eigenvalue weighted by molar-refractivity contribution is -0.132. The van der Waals surface area contributed by atoms with Gasteiger partial charge in [0, 0.05) is 6.92 Å². The molecule has 1 rings (SSSR count). The van der Waals surface area contributed by atoms with Crippen molar-refractivity contribution in [2.75, 3.05) is 14.2 Å². The van der Waals surface area contributed by atoms with Crippen LogP contribution < -0.4 is 14.2 Å². The topological polar surface area (TPSA) is 44.8 Å². The highest BCUT2D eigenvalue weighted by Crippen LogP contribution is 2.36. The molecule has 0 atom stereocenters. The van der Waals surface area contributed by atoms with E-state index in [0.29, 0.717) is 17.2 Å². The van der Waals surface area contributed by atoms with Crippen molar-refractivity contribution in [1.29, 1.82) is 0 Å². The standard InChI is InChI=1S/C10H12O4.C2H6/c1-7(11)14-10-8(12-2)5-4-6-9(10)13-3;1-2/h4-6H,1-3H3;1-2H3. The molecule has 0 heterocycles. The van der Waals surface area contributed by atoms with Gasteiger partial charge >= 0.3 is 5.97 Å². The highest BCUT2D eigenvalue weighted by molar-refractivity contribution is 5.72. The summed E-state index contributed by atoms with van der Waals surface area (Å²) in [7, 11) is 3.00. The zero-order valence-electron chi connectivity index (χ0n) is 10.4. The Morgan fingerprint density at radius 3 is 1.81 bits per heavy atom. The summed E-state index contributed by atoms with van der Waals surface area (Å²) < 4.78 is 15.0. The molecular weight excluding hydrogens is 208 g/mol. The van der Waals surface area contributed by atoms with Crippen LogP contribution in [0.1, 0.15) is 20.8 Å². The van der Waals surface area contributed by atoms with Gasteiger partial charge in [-0.2, -0.15) is 0 Å². The SMILES string of the molecule is CC.COc1cccc(OC)c1OC(C)=O. The first-order valence-electron chi connectivity index (χ1n) is 5.08. The van der Waals surface area contributed by atoms with E-state index in [1.54, 1.807) is 18.2 Å². The Morgan fingerprint density at radius 2 is 1.50 bits per heavy atom. The average Bonchev–Trinajstić information content (AvgIpc) is 2.31. The van der Waals surface area contributed by atoms with E-state index in [9.17, 15) is 4.79 Å². The number of ether oxygens (including phenoxy) is 3. The van der Waals surface area contributed by atoms with Gasteiger partial charge < -0.3 is 14.2 Å². The zero-order valence-corrected chi connectivity index (χ0v) is 10.4. The molecule has 0 aromatic heterocycles. The number of carbonyl (C=O) groups is 1. The molecule has 0 spiro atoms. The van der Waals surface area contributed by atoms with Gasteiger partial charge in [-0.15, -0.1) is 0 Å². The molecule has 0 N–H and O–H groups in total. The summed E-state index contributed by atoms with van der Waals surface area (Å²) in [6.07, 6.45) is 0. The van der Waals surface area contributed by atoms with Crippen LogP contribution in [0.25, 0.3) is 0 Å². The zero-order chi connectivity index (χ0) is 12.6. The van der Waals surface area contributed by atoms with Crippen LogP contribution in [0.15, 0.2) is 18.2 Å². The van der Waals surface area contributed by atoms with E-state index in [-0.39, 0.29) is 0 Å². The molecule has 0 fully saturated rings. The molecule has 0 aliphatic heterocycles. The summed E-state index contributed by atoms with van der Waals surface area (Å²) in [4.78, 5) is 10.8. The predicted molar refractivity (Wildman–Crippen MR) is 62.2 cm³/mol. The van der Waals surface area contributed by atoms with Crippen LogP contribution >= 0.6 is 0 Å².